The van der Waals surface area contributed by atoms with Gasteiger partial charge in [-0.1, -0.05) is 0 Å². The van der Waals surface area contributed by atoms with Crippen molar-refractivity contribution >= 4 is 0 Å². The van der Waals surface area contributed by atoms with E-state index in [0.29, 0.717) is 6.04 Å². The first kappa shape index (κ1) is 11.6. The maximum absolute atomic E-state index is 4.66. The highest BCUT2D eigenvalue weighted by Crippen LogP contribution is 2.20. The van der Waals surface area contributed by atoms with Crippen molar-refractivity contribution in [2.24, 2.45) is 0 Å². The number of hydrogen-bond acceptors (Lipinski definition) is 3. The van der Waals surface area contributed by atoms with Crippen LogP contribution in [0.3, 0.4) is 0 Å². The van der Waals surface area contributed by atoms with Gasteiger partial charge in [0.25, 0.3) is 0 Å². The fourth-order valence-electron chi connectivity index (χ4n) is 2.66. The molecule has 16 heavy (non-hydrogen) atoms. The maximum Gasteiger partial charge on any atom is 0.106 e. The molecule has 1 aromatic rings. The SMILES string of the molecule is Cc1nc2c(n1C(C)CN(C)C)CCNC2. The zero-order chi connectivity index (χ0) is 11.7. The average Bonchev–Trinajstić information content (AvgIpc) is 2.52. The molecule has 1 atom stereocenters. The Labute approximate surface area is 97.7 Å². The summed E-state index contributed by atoms with van der Waals surface area (Å²) in [4.78, 5) is 6.90. The molecule has 0 saturated heterocycles. The minimum Gasteiger partial charge on any atom is -0.328 e. The molecule has 0 fully saturated rings. The van der Waals surface area contributed by atoms with Crippen molar-refractivity contribution in [1.82, 2.24) is 19.8 Å². The number of nitrogens with one attached hydrogen (secondary N) is 1. The summed E-state index contributed by atoms with van der Waals surface area (Å²) in [7, 11) is 4.24. The van der Waals surface area contributed by atoms with Crippen LogP contribution in [0.2, 0.25) is 0 Å². The summed E-state index contributed by atoms with van der Waals surface area (Å²) in [6.07, 6.45) is 1.11. The molecule has 1 N–H and O–H groups in total. The minimum absolute atomic E-state index is 0.504. The van der Waals surface area contributed by atoms with E-state index in [1.165, 1.54) is 11.4 Å². The summed E-state index contributed by atoms with van der Waals surface area (Å²) >= 11 is 0. The molecule has 0 aliphatic carbocycles. The van der Waals surface area contributed by atoms with Crippen LogP contribution < -0.4 is 5.32 Å². The van der Waals surface area contributed by atoms with Gasteiger partial charge in [-0.15, -0.1) is 0 Å². The number of fused-ring (bicyclic) bond motifs is 1. The Morgan fingerprint density at radius 3 is 2.94 bits per heavy atom. The lowest BCUT2D eigenvalue weighted by atomic mass is 10.1. The lowest BCUT2D eigenvalue weighted by molar-refractivity contribution is 0.329. The predicted octanol–water partition coefficient (Wildman–Crippen LogP) is 0.960. The lowest BCUT2D eigenvalue weighted by Gasteiger charge is -2.23. The van der Waals surface area contributed by atoms with Crippen LogP contribution in [0.4, 0.5) is 0 Å². The molecule has 2 rings (SSSR count). The molecule has 4 heteroatoms. The predicted molar refractivity (Wildman–Crippen MR) is 65.6 cm³/mol. The highest BCUT2D eigenvalue weighted by molar-refractivity contribution is 5.20. The summed E-state index contributed by atoms with van der Waals surface area (Å²) in [6, 6.07) is 0.504. The van der Waals surface area contributed by atoms with E-state index in [9.17, 15) is 0 Å². The van der Waals surface area contributed by atoms with Gasteiger partial charge in [0.2, 0.25) is 0 Å². The van der Waals surface area contributed by atoms with Crippen LogP contribution in [0.5, 0.6) is 0 Å². The van der Waals surface area contributed by atoms with Gasteiger partial charge in [0.1, 0.15) is 5.82 Å². The Morgan fingerprint density at radius 1 is 1.50 bits per heavy atom. The Kier molecular flexibility index (Phi) is 3.30. The molecule has 2 heterocycles. The number of aromatic nitrogens is 2. The van der Waals surface area contributed by atoms with E-state index in [1.807, 2.05) is 0 Å². The second-order valence-corrected chi connectivity index (χ2v) is 4.96. The summed E-state index contributed by atoms with van der Waals surface area (Å²) in [5, 5.41) is 3.37. The Balaban J connectivity index is 2.28. The third kappa shape index (κ3) is 2.13. The van der Waals surface area contributed by atoms with E-state index in [-0.39, 0.29) is 0 Å². The third-order valence-electron chi connectivity index (χ3n) is 3.17. The van der Waals surface area contributed by atoms with Gasteiger partial charge in [0.05, 0.1) is 5.69 Å². The highest BCUT2D eigenvalue weighted by Gasteiger charge is 2.20. The maximum atomic E-state index is 4.66. The molecule has 1 aromatic heterocycles. The largest absolute Gasteiger partial charge is 0.328 e. The third-order valence-corrected chi connectivity index (χ3v) is 3.17. The van der Waals surface area contributed by atoms with Gasteiger partial charge in [0, 0.05) is 37.8 Å². The van der Waals surface area contributed by atoms with Gasteiger partial charge in [-0.3, -0.25) is 0 Å². The van der Waals surface area contributed by atoms with Gasteiger partial charge in [-0.2, -0.15) is 0 Å². The normalized spacial score (nSPS) is 17.6. The van der Waals surface area contributed by atoms with Crippen LogP contribution in [-0.2, 0) is 13.0 Å². The van der Waals surface area contributed by atoms with Crippen molar-refractivity contribution in [2.45, 2.75) is 32.9 Å². The van der Waals surface area contributed by atoms with Gasteiger partial charge in [0.15, 0.2) is 0 Å². The van der Waals surface area contributed by atoms with Gasteiger partial charge < -0.3 is 14.8 Å². The van der Waals surface area contributed by atoms with E-state index in [4.69, 9.17) is 0 Å². The van der Waals surface area contributed by atoms with E-state index < -0.39 is 0 Å². The topological polar surface area (TPSA) is 33.1 Å². The van der Waals surface area contributed by atoms with Crippen LogP contribution in [0.25, 0.3) is 0 Å². The summed E-state index contributed by atoms with van der Waals surface area (Å²) in [6.45, 7) is 7.46. The van der Waals surface area contributed by atoms with Gasteiger partial charge in [-0.25, -0.2) is 4.98 Å². The Morgan fingerprint density at radius 2 is 2.25 bits per heavy atom. The highest BCUT2D eigenvalue weighted by atomic mass is 15.2. The van der Waals surface area contributed by atoms with Crippen molar-refractivity contribution in [1.29, 1.82) is 0 Å². The second-order valence-electron chi connectivity index (χ2n) is 4.96. The van der Waals surface area contributed by atoms with E-state index >= 15 is 0 Å². The molecule has 0 aromatic carbocycles. The smallest absolute Gasteiger partial charge is 0.106 e. The van der Waals surface area contributed by atoms with E-state index in [2.05, 4.69) is 47.7 Å². The number of nitrogens with zero attached hydrogens (tertiary/aromatic N) is 3. The molecule has 0 spiro atoms. The van der Waals surface area contributed by atoms with Crippen LogP contribution >= 0.6 is 0 Å². The fraction of sp³-hybridized carbons (Fsp3) is 0.750. The van der Waals surface area contributed by atoms with Crippen LogP contribution in [0.1, 0.15) is 30.2 Å². The van der Waals surface area contributed by atoms with Crippen molar-refractivity contribution in [3.8, 4) is 0 Å². The van der Waals surface area contributed by atoms with Crippen molar-refractivity contribution < 1.29 is 0 Å². The van der Waals surface area contributed by atoms with Crippen molar-refractivity contribution in [3.05, 3.63) is 17.2 Å². The van der Waals surface area contributed by atoms with E-state index in [1.54, 1.807) is 0 Å². The Bertz CT molecular complexity index is 367. The summed E-state index contributed by atoms with van der Waals surface area (Å²) in [5.74, 6) is 1.16. The molecule has 0 radical (unpaired) electrons. The average molecular weight is 222 g/mol. The molecule has 0 bridgehead atoms. The minimum atomic E-state index is 0.504. The monoisotopic (exact) mass is 222 g/mol. The molecule has 1 aliphatic rings. The molecule has 90 valence electrons. The first-order valence-electron chi connectivity index (χ1n) is 6.01. The molecule has 1 unspecified atom stereocenters. The molecule has 0 amide bonds. The van der Waals surface area contributed by atoms with Crippen LogP contribution in [-0.4, -0.2) is 41.6 Å². The lowest BCUT2D eigenvalue weighted by Crippen LogP contribution is -2.28. The molecular formula is C12H22N4. The molecule has 1 aliphatic heterocycles. The zero-order valence-corrected chi connectivity index (χ0v) is 10.7. The summed E-state index contributed by atoms with van der Waals surface area (Å²) < 4.78 is 2.41. The Hall–Kier alpha value is -0.870. The second kappa shape index (κ2) is 4.55. The molecule has 4 nitrogen and oxygen atoms in total. The van der Waals surface area contributed by atoms with Crippen molar-refractivity contribution in [2.75, 3.05) is 27.2 Å². The van der Waals surface area contributed by atoms with Crippen molar-refractivity contribution in [3.63, 3.8) is 0 Å². The van der Waals surface area contributed by atoms with Crippen LogP contribution in [0, 0.1) is 6.92 Å². The fourth-order valence-corrected chi connectivity index (χ4v) is 2.66. The number of aryl methyl sites for hydroxylation is 1. The standard InChI is InChI=1S/C12H22N4/c1-9(8-15(3)4)16-10(2)14-11-7-13-6-5-12(11)16/h9,13H,5-8H2,1-4H3. The van der Waals surface area contributed by atoms with Crippen LogP contribution in [0.15, 0.2) is 0 Å². The molecule has 0 saturated carbocycles. The molecular weight excluding hydrogens is 200 g/mol. The van der Waals surface area contributed by atoms with Gasteiger partial charge in [-0.05, 0) is 27.9 Å². The number of hydrogen-bond donors (Lipinski definition) is 1. The number of likely N-dealkylation sites (N-methyl/N-ethyl adjacent to an activating group) is 1. The number of imidazole rings is 1. The first-order chi connectivity index (χ1) is 7.59. The summed E-state index contributed by atoms with van der Waals surface area (Å²) in [5.41, 5.74) is 2.68. The zero-order valence-electron chi connectivity index (χ0n) is 10.7. The quantitative estimate of drug-likeness (QED) is 0.827. The van der Waals surface area contributed by atoms with E-state index in [0.717, 1.165) is 31.9 Å². The number of rotatable bonds is 3. The van der Waals surface area contributed by atoms with Gasteiger partial charge >= 0.3 is 0 Å². The first-order valence-corrected chi connectivity index (χ1v) is 6.01.